The molecule has 104 valence electrons. The van der Waals surface area contributed by atoms with Crippen LogP contribution in [0, 0.1) is 5.92 Å². The second kappa shape index (κ2) is 9.09. The van der Waals surface area contributed by atoms with Gasteiger partial charge in [-0.3, -0.25) is 4.79 Å². The Morgan fingerprint density at radius 3 is 2.94 bits per heavy atom. The molecule has 1 saturated heterocycles. The Labute approximate surface area is 109 Å². The number of unbranched alkanes of at least 4 members (excludes halogenated alkanes) is 4. The zero-order valence-corrected chi connectivity index (χ0v) is 11.2. The number of carbonyl (C=O) groups excluding carboxylic acids is 1. The molecule has 1 rings (SSSR count). The number of allylic oxidation sites excluding steroid dienone is 1. The lowest BCUT2D eigenvalue weighted by Gasteiger charge is -2.08. The van der Waals surface area contributed by atoms with Gasteiger partial charge in [0.2, 0.25) is 0 Å². The molecule has 4 heteroatoms. The standard InChI is InChI=1S/C14H24FNO2/c1-2-3-4-5-6-7-13(15)14(17)16-10-12-8-9-18-11-12/h7,12H,2-6,8-11H2,1H3,(H,16,17)/b13-7+. The van der Waals surface area contributed by atoms with Crippen LogP contribution in [0.25, 0.3) is 0 Å². The summed E-state index contributed by atoms with van der Waals surface area (Å²) in [5.41, 5.74) is 0. The minimum atomic E-state index is -0.648. The molecule has 18 heavy (non-hydrogen) atoms. The lowest BCUT2D eigenvalue weighted by molar-refractivity contribution is -0.119. The van der Waals surface area contributed by atoms with Crippen LogP contribution in [0.3, 0.4) is 0 Å². The van der Waals surface area contributed by atoms with Crippen LogP contribution in [0.4, 0.5) is 4.39 Å². The van der Waals surface area contributed by atoms with Gasteiger partial charge in [0.15, 0.2) is 5.83 Å². The number of amides is 1. The largest absolute Gasteiger partial charge is 0.381 e. The van der Waals surface area contributed by atoms with Crippen LogP contribution in [0.1, 0.15) is 45.4 Å². The number of ether oxygens (including phenoxy) is 1. The van der Waals surface area contributed by atoms with E-state index in [-0.39, 0.29) is 0 Å². The molecule has 0 aromatic heterocycles. The third kappa shape index (κ3) is 6.15. The van der Waals surface area contributed by atoms with Crippen LogP contribution in [0.2, 0.25) is 0 Å². The summed E-state index contributed by atoms with van der Waals surface area (Å²) in [6.45, 7) is 4.06. The van der Waals surface area contributed by atoms with Crippen molar-refractivity contribution >= 4 is 5.91 Å². The predicted molar refractivity (Wildman–Crippen MR) is 69.9 cm³/mol. The second-order valence-electron chi connectivity index (χ2n) is 4.84. The van der Waals surface area contributed by atoms with Crippen molar-refractivity contribution in [3.63, 3.8) is 0 Å². The molecule has 0 aliphatic carbocycles. The summed E-state index contributed by atoms with van der Waals surface area (Å²) in [4.78, 5) is 11.4. The number of nitrogens with one attached hydrogen (secondary N) is 1. The van der Waals surface area contributed by atoms with E-state index < -0.39 is 11.7 Å². The number of carbonyl (C=O) groups is 1. The van der Waals surface area contributed by atoms with Crippen molar-refractivity contribution in [1.29, 1.82) is 0 Å². The van der Waals surface area contributed by atoms with E-state index in [9.17, 15) is 9.18 Å². The lowest BCUT2D eigenvalue weighted by Crippen LogP contribution is -2.29. The van der Waals surface area contributed by atoms with Crippen LogP contribution in [0.15, 0.2) is 11.9 Å². The van der Waals surface area contributed by atoms with E-state index >= 15 is 0 Å². The molecule has 1 fully saturated rings. The van der Waals surface area contributed by atoms with Crippen molar-refractivity contribution in [2.24, 2.45) is 5.92 Å². The molecule has 0 bridgehead atoms. The highest BCUT2D eigenvalue weighted by Crippen LogP contribution is 2.11. The van der Waals surface area contributed by atoms with Gasteiger partial charge in [-0.05, 0) is 25.3 Å². The van der Waals surface area contributed by atoms with Gasteiger partial charge in [0.1, 0.15) is 0 Å². The zero-order chi connectivity index (χ0) is 13.2. The van der Waals surface area contributed by atoms with Crippen LogP contribution in [-0.2, 0) is 9.53 Å². The second-order valence-corrected chi connectivity index (χ2v) is 4.84. The summed E-state index contributed by atoms with van der Waals surface area (Å²) in [5, 5.41) is 2.61. The maximum Gasteiger partial charge on any atom is 0.279 e. The quantitative estimate of drug-likeness (QED) is 0.536. The average Bonchev–Trinajstić information content (AvgIpc) is 2.88. The van der Waals surface area contributed by atoms with Gasteiger partial charge in [-0.15, -0.1) is 0 Å². The van der Waals surface area contributed by atoms with E-state index in [2.05, 4.69) is 12.2 Å². The monoisotopic (exact) mass is 257 g/mol. The predicted octanol–water partition coefficient (Wildman–Crippen LogP) is 2.96. The fourth-order valence-electron chi connectivity index (χ4n) is 1.96. The Morgan fingerprint density at radius 1 is 1.44 bits per heavy atom. The molecule has 0 aromatic carbocycles. The van der Waals surface area contributed by atoms with Gasteiger partial charge < -0.3 is 10.1 Å². The van der Waals surface area contributed by atoms with E-state index in [0.29, 0.717) is 25.5 Å². The lowest BCUT2D eigenvalue weighted by atomic mass is 10.1. The van der Waals surface area contributed by atoms with Gasteiger partial charge in [-0.25, -0.2) is 4.39 Å². The first-order valence-corrected chi connectivity index (χ1v) is 6.95. The van der Waals surface area contributed by atoms with Crippen LogP contribution < -0.4 is 5.32 Å². The van der Waals surface area contributed by atoms with Crippen molar-refractivity contribution in [2.75, 3.05) is 19.8 Å². The average molecular weight is 257 g/mol. The number of halogens is 1. The topological polar surface area (TPSA) is 38.3 Å². The first-order chi connectivity index (χ1) is 8.74. The molecule has 1 unspecified atom stereocenters. The minimum Gasteiger partial charge on any atom is -0.381 e. The van der Waals surface area contributed by atoms with E-state index in [1.165, 1.54) is 12.5 Å². The SMILES string of the molecule is CCCCCC/C=C(/F)C(=O)NCC1CCOC1. The molecule has 0 aromatic rings. The molecule has 1 heterocycles. The van der Waals surface area contributed by atoms with Crippen molar-refractivity contribution in [3.8, 4) is 0 Å². The van der Waals surface area contributed by atoms with Crippen LogP contribution in [0.5, 0.6) is 0 Å². The molecule has 1 aliphatic heterocycles. The number of hydrogen-bond donors (Lipinski definition) is 1. The maximum absolute atomic E-state index is 13.4. The molecule has 1 N–H and O–H groups in total. The first kappa shape index (κ1) is 15.2. The molecule has 1 atom stereocenters. The Morgan fingerprint density at radius 2 is 2.28 bits per heavy atom. The Kier molecular flexibility index (Phi) is 7.65. The van der Waals surface area contributed by atoms with E-state index in [1.54, 1.807) is 0 Å². The Bertz CT molecular complexity index is 273. The van der Waals surface area contributed by atoms with Gasteiger partial charge in [0.25, 0.3) is 5.91 Å². The highest BCUT2D eigenvalue weighted by Gasteiger charge is 2.17. The molecule has 3 nitrogen and oxygen atoms in total. The number of rotatable bonds is 8. The van der Waals surface area contributed by atoms with Crippen LogP contribution >= 0.6 is 0 Å². The molecular formula is C14H24FNO2. The summed E-state index contributed by atoms with van der Waals surface area (Å²) in [5.74, 6) is -0.894. The fourth-order valence-corrected chi connectivity index (χ4v) is 1.96. The van der Waals surface area contributed by atoms with E-state index in [1.807, 2.05) is 0 Å². The van der Waals surface area contributed by atoms with Crippen LogP contribution in [-0.4, -0.2) is 25.7 Å². The molecule has 1 aliphatic rings. The summed E-state index contributed by atoms with van der Waals surface area (Å²) in [6.07, 6.45) is 7.37. The molecule has 0 radical (unpaired) electrons. The summed E-state index contributed by atoms with van der Waals surface area (Å²) >= 11 is 0. The highest BCUT2D eigenvalue weighted by molar-refractivity contribution is 5.91. The summed E-state index contributed by atoms with van der Waals surface area (Å²) < 4.78 is 18.6. The third-order valence-corrected chi connectivity index (χ3v) is 3.17. The smallest absolute Gasteiger partial charge is 0.279 e. The third-order valence-electron chi connectivity index (χ3n) is 3.17. The summed E-state index contributed by atoms with van der Waals surface area (Å²) in [7, 11) is 0. The van der Waals surface area contributed by atoms with Gasteiger partial charge >= 0.3 is 0 Å². The molecule has 1 amide bonds. The van der Waals surface area contributed by atoms with Crippen molar-refractivity contribution in [3.05, 3.63) is 11.9 Å². The molecule has 0 spiro atoms. The van der Waals surface area contributed by atoms with Crippen molar-refractivity contribution in [1.82, 2.24) is 5.32 Å². The van der Waals surface area contributed by atoms with Crippen molar-refractivity contribution in [2.45, 2.75) is 45.4 Å². The highest BCUT2D eigenvalue weighted by atomic mass is 19.1. The Hall–Kier alpha value is -0.900. The van der Waals surface area contributed by atoms with Gasteiger partial charge in [-0.2, -0.15) is 0 Å². The molecule has 0 saturated carbocycles. The minimum absolute atomic E-state index is 0.339. The first-order valence-electron chi connectivity index (χ1n) is 6.95. The van der Waals surface area contributed by atoms with Crippen molar-refractivity contribution < 1.29 is 13.9 Å². The normalized spacial score (nSPS) is 20.1. The fraction of sp³-hybridized carbons (Fsp3) is 0.786. The Balaban J connectivity index is 2.12. The van der Waals surface area contributed by atoms with Gasteiger partial charge in [0, 0.05) is 19.1 Å². The van der Waals surface area contributed by atoms with E-state index in [4.69, 9.17) is 4.74 Å². The molecular weight excluding hydrogens is 233 g/mol. The summed E-state index contributed by atoms with van der Waals surface area (Å²) in [6, 6.07) is 0. The zero-order valence-electron chi connectivity index (χ0n) is 11.2. The van der Waals surface area contributed by atoms with E-state index in [0.717, 1.165) is 32.3 Å². The van der Waals surface area contributed by atoms with Gasteiger partial charge in [-0.1, -0.05) is 26.2 Å². The van der Waals surface area contributed by atoms with Gasteiger partial charge in [0.05, 0.1) is 6.61 Å². The maximum atomic E-state index is 13.4. The number of hydrogen-bond acceptors (Lipinski definition) is 2.